The van der Waals surface area contributed by atoms with Crippen LogP contribution in [0.1, 0.15) is 64.9 Å². The van der Waals surface area contributed by atoms with E-state index < -0.39 is 53.3 Å². The summed E-state index contributed by atoms with van der Waals surface area (Å²) in [6, 6.07) is 5.29. The number of carboxylic acids is 1. The number of benzene rings is 1. The molecule has 0 bridgehead atoms. The SMILES string of the molecule is CC(=O)N(C(=O)C(C)(C)N)[C@@H](CCCCN)C(=O)N[C@@H](Cc1ccccc1)C(=O)N[C@@H](CCCCN)C(=O)O. The van der Waals surface area contributed by atoms with E-state index in [0.717, 1.165) is 10.5 Å². The van der Waals surface area contributed by atoms with Crippen molar-refractivity contribution in [1.82, 2.24) is 15.5 Å². The molecular weight excluding hydrogens is 504 g/mol. The number of nitrogens with zero attached hydrogens (tertiary/aromatic N) is 1. The molecule has 218 valence electrons. The molecule has 1 aromatic rings. The molecule has 0 heterocycles. The van der Waals surface area contributed by atoms with Crippen LogP contribution >= 0.6 is 0 Å². The van der Waals surface area contributed by atoms with Gasteiger partial charge in [-0.05, 0) is 71.0 Å². The summed E-state index contributed by atoms with van der Waals surface area (Å²) in [6.45, 7) is 4.78. The Balaban J connectivity index is 3.32. The third-order valence-electron chi connectivity index (χ3n) is 6.13. The van der Waals surface area contributed by atoms with Crippen molar-refractivity contribution >= 4 is 29.6 Å². The number of hydrogen-bond acceptors (Lipinski definition) is 8. The van der Waals surface area contributed by atoms with Gasteiger partial charge in [0, 0.05) is 13.3 Å². The second-order valence-corrected chi connectivity index (χ2v) is 10.2. The molecule has 3 atom stereocenters. The molecule has 0 saturated heterocycles. The van der Waals surface area contributed by atoms with Crippen molar-refractivity contribution in [2.75, 3.05) is 13.1 Å². The van der Waals surface area contributed by atoms with E-state index in [1.54, 1.807) is 30.3 Å². The molecule has 0 aromatic heterocycles. The first kappa shape index (κ1) is 33.7. The van der Waals surface area contributed by atoms with Gasteiger partial charge in [0.25, 0.3) is 0 Å². The van der Waals surface area contributed by atoms with Gasteiger partial charge in [-0.15, -0.1) is 0 Å². The van der Waals surface area contributed by atoms with Crippen molar-refractivity contribution in [3.8, 4) is 0 Å². The highest BCUT2D eigenvalue weighted by molar-refractivity contribution is 6.03. The zero-order valence-electron chi connectivity index (χ0n) is 23.2. The van der Waals surface area contributed by atoms with Crippen molar-refractivity contribution in [3.05, 3.63) is 35.9 Å². The van der Waals surface area contributed by atoms with Gasteiger partial charge in [-0.1, -0.05) is 30.3 Å². The van der Waals surface area contributed by atoms with E-state index in [-0.39, 0.29) is 19.3 Å². The zero-order valence-corrected chi connectivity index (χ0v) is 23.2. The first-order valence-corrected chi connectivity index (χ1v) is 13.2. The zero-order chi connectivity index (χ0) is 29.6. The van der Waals surface area contributed by atoms with Crippen LogP contribution in [0.2, 0.25) is 0 Å². The number of nitrogens with two attached hydrogens (primary N) is 3. The van der Waals surface area contributed by atoms with Crippen LogP contribution in [0.25, 0.3) is 0 Å². The van der Waals surface area contributed by atoms with Gasteiger partial charge in [0.05, 0.1) is 5.54 Å². The highest BCUT2D eigenvalue weighted by Crippen LogP contribution is 2.16. The molecule has 0 spiro atoms. The van der Waals surface area contributed by atoms with E-state index in [2.05, 4.69) is 10.6 Å². The Morgan fingerprint density at radius 1 is 0.872 bits per heavy atom. The van der Waals surface area contributed by atoms with Crippen molar-refractivity contribution in [2.45, 2.75) is 89.4 Å². The predicted molar refractivity (Wildman–Crippen MR) is 147 cm³/mol. The number of amides is 4. The molecule has 12 nitrogen and oxygen atoms in total. The fourth-order valence-electron chi connectivity index (χ4n) is 4.02. The fraction of sp³-hybridized carbons (Fsp3) is 0.593. The Kier molecular flexibility index (Phi) is 14.3. The van der Waals surface area contributed by atoms with Crippen LogP contribution in [-0.2, 0) is 30.4 Å². The molecule has 0 aliphatic rings. The van der Waals surface area contributed by atoms with E-state index in [4.69, 9.17) is 17.2 Å². The van der Waals surface area contributed by atoms with Gasteiger partial charge in [0.15, 0.2) is 0 Å². The highest BCUT2D eigenvalue weighted by Gasteiger charge is 2.39. The summed E-state index contributed by atoms with van der Waals surface area (Å²) in [5.41, 5.74) is 16.4. The minimum absolute atomic E-state index is 0.0550. The summed E-state index contributed by atoms with van der Waals surface area (Å²) in [4.78, 5) is 65.2. The number of aliphatic carboxylic acids is 1. The van der Waals surface area contributed by atoms with E-state index in [9.17, 15) is 29.1 Å². The van der Waals surface area contributed by atoms with Crippen molar-refractivity contribution in [2.24, 2.45) is 17.2 Å². The Bertz CT molecular complexity index is 965. The maximum atomic E-state index is 13.6. The van der Waals surface area contributed by atoms with Gasteiger partial charge < -0.3 is 32.9 Å². The standard InChI is InChI=1S/C27H44N6O6/c1-18(34)33(26(39)27(2,3)30)22(14-8-10-16-29)24(36)32-21(17-19-11-5-4-6-12-19)23(35)31-20(25(37)38)13-7-9-15-28/h4-6,11-12,20-22H,7-10,13-17,28-30H2,1-3H3,(H,31,35)(H,32,36)(H,37,38)/t20-,21-,22-/m0/s1. The number of carboxylic acid groups (broad SMARTS) is 1. The summed E-state index contributed by atoms with van der Waals surface area (Å²) in [5, 5.41) is 14.8. The van der Waals surface area contributed by atoms with Gasteiger partial charge in [-0.25, -0.2) is 4.79 Å². The molecule has 0 fully saturated rings. The Morgan fingerprint density at radius 3 is 1.90 bits per heavy atom. The maximum absolute atomic E-state index is 13.6. The minimum Gasteiger partial charge on any atom is -0.480 e. The number of nitrogens with one attached hydrogen (secondary N) is 2. The first-order chi connectivity index (χ1) is 18.3. The number of unbranched alkanes of at least 4 members (excludes halogenated alkanes) is 2. The molecule has 9 N–H and O–H groups in total. The van der Waals surface area contributed by atoms with Crippen LogP contribution in [0.3, 0.4) is 0 Å². The summed E-state index contributed by atoms with van der Waals surface area (Å²) < 4.78 is 0. The van der Waals surface area contributed by atoms with E-state index in [0.29, 0.717) is 38.8 Å². The van der Waals surface area contributed by atoms with Crippen molar-refractivity contribution in [1.29, 1.82) is 0 Å². The van der Waals surface area contributed by atoms with Crippen molar-refractivity contribution in [3.63, 3.8) is 0 Å². The van der Waals surface area contributed by atoms with Gasteiger partial charge in [0.1, 0.15) is 18.1 Å². The quantitative estimate of drug-likeness (QED) is 0.145. The summed E-state index contributed by atoms with van der Waals surface area (Å²) >= 11 is 0. The molecule has 12 heteroatoms. The topological polar surface area (TPSA) is 211 Å². The minimum atomic E-state index is -1.43. The van der Waals surface area contributed by atoms with E-state index in [1.165, 1.54) is 20.8 Å². The van der Waals surface area contributed by atoms with Gasteiger partial charge >= 0.3 is 5.97 Å². The molecule has 0 aliphatic heterocycles. The fourth-order valence-corrected chi connectivity index (χ4v) is 4.02. The van der Waals surface area contributed by atoms with Crippen LogP contribution in [0, 0.1) is 0 Å². The van der Waals surface area contributed by atoms with E-state index in [1.807, 2.05) is 0 Å². The largest absolute Gasteiger partial charge is 0.480 e. The van der Waals surface area contributed by atoms with Gasteiger partial charge in [-0.3, -0.25) is 24.1 Å². The summed E-state index contributed by atoms with van der Waals surface area (Å²) in [5.74, 6) is -4.04. The van der Waals surface area contributed by atoms with Gasteiger partial charge in [0.2, 0.25) is 23.6 Å². The smallest absolute Gasteiger partial charge is 0.326 e. The summed E-state index contributed by atoms with van der Waals surface area (Å²) in [6.07, 6.45) is 2.42. The molecule has 1 aromatic carbocycles. The number of carbonyl (C=O) groups is 5. The van der Waals surface area contributed by atoms with Crippen LogP contribution in [0.4, 0.5) is 0 Å². The second-order valence-electron chi connectivity index (χ2n) is 10.2. The predicted octanol–water partition coefficient (Wildman–Crippen LogP) is 0.0223. The molecule has 39 heavy (non-hydrogen) atoms. The second kappa shape index (κ2) is 16.6. The average molecular weight is 549 g/mol. The maximum Gasteiger partial charge on any atom is 0.326 e. The molecule has 0 radical (unpaired) electrons. The Morgan fingerprint density at radius 2 is 1.41 bits per heavy atom. The molecule has 4 amide bonds. The Labute approximate surface area is 230 Å². The van der Waals surface area contributed by atoms with Crippen LogP contribution in [0.15, 0.2) is 30.3 Å². The van der Waals surface area contributed by atoms with Crippen LogP contribution in [0.5, 0.6) is 0 Å². The third kappa shape index (κ3) is 11.5. The number of carbonyl (C=O) groups excluding carboxylic acids is 4. The number of rotatable bonds is 17. The monoisotopic (exact) mass is 548 g/mol. The molecule has 0 unspecified atom stereocenters. The third-order valence-corrected chi connectivity index (χ3v) is 6.13. The molecule has 0 aliphatic carbocycles. The summed E-state index contributed by atoms with van der Waals surface area (Å²) in [7, 11) is 0. The lowest BCUT2D eigenvalue weighted by Gasteiger charge is -2.34. The van der Waals surface area contributed by atoms with Crippen molar-refractivity contribution < 1.29 is 29.1 Å². The molecular formula is C27H44N6O6. The molecule has 0 saturated carbocycles. The number of imide groups is 1. The molecule has 1 rings (SSSR count). The Hall–Kier alpha value is -3.35. The first-order valence-electron chi connectivity index (χ1n) is 13.2. The van der Waals surface area contributed by atoms with E-state index >= 15 is 0 Å². The lowest BCUT2D eigenvalue weighted by atomic mass is 9.99. The average Bonchev–Trinajstić information content (AvgIpc) is 2.86. The lowest BCUT2D eigenvalue weighted by Crippen LogP contribution is -2.61. The normalized spacial score (nSPS) is 13.6. The van der Waals surface area contributed by atoms with Gasteiger partial charge in [-0.2, -0.15) is 0 Å². The lowest BCUT2D eigenvalue weighted by molar-refractivity contribution is -0.154. The van der Waals surface area contributed by atoms with Crippen LogP contribution in [-0.4, -0.2) is 76.4 Å². The highest BCUT2D eigenvalue weighted by atomic mass is 16.4. The van der Waals surface area contributed by atoms with Crippen LogP contribution < -0.4 is 27.8 Å². The number of hydrogen-bond donors (Lipinski definition) is 6.